The van der Waals surface area contributed by atoms with E-state index in [2.05, 4.69) is 31.9 Å². The summed E-state index contributed by atoms with van der Waals surface area (Å²) < 4.78 is 1.79. The van der Waals surface area contributed by atoms with Crippen LogP contribution in [0, 0.1) is 5.92 Å². The summed E-state index contributed by atoms with van der Waals surface area (Å²) in [5.41, 5.74) is 0.691. The second kappa shape index (κ2) is 6.37. The summed E-state index contributed by atoms with van der Waals surface area (Å²) in [6.07, 6.45) is 1.47. The van der Waals surface area contributed by atoms with Gasteiger partial charge in [-0.2, -0.15) is 0 Å². The molecule has 3 nitrogen and oxygen atoms in total. The van der Waals surface area contributed by atoms with E-state index in [9.17, 15) is 9.90 Å². The zero-order valence-electron chi connectivity index (χ0n) is 10.8. The molecule has 0 aromatic heterocycles. The first-order valence-electron chi connectivity index (χ1n) is 6.41. The maximum Gasteiger partial charge on any atom is 0.253 e. The number of carbonyl (C=O) groups is 1. The van der Waals surface area contributed by atoms with Gasteiger partial charge in [-0.05, 0) is 43.9 Å². The Morgan fingerprint density at radius 3 is 2.26 bits per heavy atom. The molecule has 0 aliphatic carbocycles. The van der Waals surface area contributed by atoms with Crippen LogP contribution >= 0.6 is 31.9 Å². The van der Waals surface area contributed by atoms with Crippen molar-refractivity contribution >= 4 is 37.8 Å². The Bertz CT molecular complexity index is 448. The topological polar surface area (TPSA) is 40.5 Å². The van der Waals surface area contributed by atoms with Crippen LogP contribution in [0.1, 0.15) is 30.1 Å². The van der Waals surface area contributed by atoms with Crippen LogP contribution in [0.25, 0.3) is 0 Å². The van der Waals surface area contributed by atoms with E-state index in [1.807, 2.05) is 30.0 Å². The Labute approximate surface area is 130 Å². The van der Waals surface area contributed by atoms with Gasteiger partial charge >= 0.3 is 0 Å². The lowest BCUT2D eigenvalue weighted by Gasteiger charge is -2.33. The van der Waals surface area contributed by atoms with Gasteiger partial charge in [0.2, 0.25) is 0 Å². The van der Waals surface area contributed by atoms with Gasteiger partial charge in [0.1, 0.15) is 0 Å². The van der Waals surface area contributed by atoms with E-state index in [0.29, 0.717) is 11.5 Å². The van der Waals surface area contributed by atoms with Crippen molar-refractivity contribution in [1.29, 1.82) is 0 Å². The second-order valence-corrected chi connectivity index (χ2v) is 6.86. The van der Waals surface area contributed by atoms with Crippen LogP contribution in [-0.4, -0.2) is 35.1 Å². The summed E-state index contributed by atoms with van der Waals surface area (Å²) in [6.45, 7) is 3.27. The molecule has 0 spiro atoms. The zero-order valence-corrected chi connectivity index (χ0v) is 13.9. The zero-order chi connectivity index (χ0) is 14.0. The van der Waals surface area contributed by atoms with Crippen LogP contribution in [-0.2, 0) is 0 Å². The normalized spacial score (nSPS) is 18.4. The number of hydrogen-bond acceptors (Lipinski definition) is 2. The highest BCUT2D eigenvalue weighted by molar-refractivity contribution is 9.11. The van der Waals surface area contributed by atoms with Gasteiger partial charge < -0.3 is 10.0 Å². The van der Waals surface area contributed by atoms with Gasteiger partial charge in [-0.15, -0.1) is 0 Å². The molecule has 0 radical (unpaired) electrons. The summed E-state index contributed by atoms with van der Waals surface area (Å²) >= 11 is 6.80. The maximum atomic E-state index is 12.4. The predicted octanol–water partition coefficient (Wildman–Crippen LogP) is 3.44. The molecule has 104 valence electrons. The molecule has 1 saturated heterocycles. The lowest BCUT2D eigenvalue weighted by atomic mass is 9.92. The number of carbonyl (C=O) groups excluding carboxylic acids is 1. The van der Waals surface area contributed by atoms with E-state index in [4.69, 9.17) is 0 Å². The molecule has 19 heavy (non-hydrogen) atoms. The molecule has 0 saturated carbocycles. The summed E-state index contributed by atoms with van der Waals surface area (Å²) in [5, 5.41) is 9.58. The summed E-state index contributed by atoms with van der Waals surface area (Å²) in [7, 11) is 0. The first-order chi connectivity index (χ1) is 8.97. The monoisotopic (exact) mass is 389 g/mol. The number of aliphatic hydroxyl groups is 1. The highest BCUT2D eigenvalue weighted by Crippen LogP contribution is 2.24. The van der Waals surface area contributed by atoms with Crippen molar-refractivity contribution in [3.8, 4) is 0 Å². The maximum absolute atomic E-state index is 12.4. The Morgan fingerprint density at radius 2 is 1.79 bits per heavy atom. The largest absolute Gasteiger partial charge is 0.393 e. The van der Waals surface area contributed by atoms with Gasteiger partial charge in [0.25, 0.3) is 5.91 Å². The number of benzene rings is 1. The summed E-state index contributed by atoms with van der Waals surface area (Å²) in [4.78, 5) is 14.3. The number of piperidine rings is 1. The molecule has 1 aliphatic heterocycles. The molecular formula is C14H17Br2NO2. The van der Waals surface area contributed by atoms with Crippen molar-refractivity contribution in [2.24, 2.45) is 5.92 Å². The van der Waals surface area contributed by atoms with E-state index < -0.39 is 0 Å². The summed E-state index contributed by atoms with van der Waals surface area (Å²) in [6, 6.07) is 5.60. The number of hydrogen-bond donors (Lipinski definition) is 1. The molecule has 1 unspecified atom stereocenters. The van der Waals surface area contributed by atoms with Gasteiger partial charge in [0.05, 0.1) is 6.10 Å². The first kappa shape index (κ1) is 15.0. The van der Waals surface area contributed by atoms with Crippen molar-refractivity contribution in [3.05, 3.63) is 32.7 Å². The molecule has 1 N–H and O–H groups in total. The van der Waals surface area contributed by atoms with Crippen LogP contribution in [0.5, 0.6) is 0 Å². The van der Waals surface area contributed by atoms with Crippen LogP contribution in [0.2, 0.25) is 0 Å². The molecule has 1 amide bonds. The van der Waals surface area contributed by atoms with Gasteiger partial charge in [-0.3, -0.25) is 4.79 Å². The smallest absolute Gasteiger partial charge is 0.253 e. The van der Waals surface area contributed by atoms with Crippen molar-refractivity contribution in [3.63, 3.8) is 0 Å². The predicted molar refractivity (Wildman–Crippen MR) is 82.2 cm³/mol. The van der Waals surface area contributed by atoms with E-state index in [1.54, 1.807) is 0 Å². The van der Waals surface area contributed by atoms with E-state index in [-0.39, 0.29) is 12.0 Å². The van der Waals surface area contributed by atoms with Crippen molar-refractivity contribution in [2.75, 3.05) is 13.1 Å². The average Bonchev–Trinajstić information content (AvgIpc) is 2.37. The van der Waals surface area contributed by atoms with E-state index in [0.717, 1.165) is 34.9 Å². The minimum absolute atomic E-state index is 0.0612. The van der Waals surface area contributed by atoms with Gasteiger partial charge in [-0.25, -0.2) is 0 Å². The fraction of sp³-hybridized carbons (Fsp3) is 0.500. The number of aliphatic hydroxyl groups excluding tert-OH is 1. The van der Waals surface area contributed by atoms with Crippen LogP contribution < -0.4 is 0 Å². The molecule has 1 heterocycles. The average molecular weight is 391 g/mol. The fourth-order valence-corrected chi connectivity index (χ4v) is 3.74. The Morgan fingerprint density at radius 1 is 1.26 bits per heavy atom. The fourth-order valence-electron chi connectivity index (χ4n) is 2.44. The Balaban J connectivity index is 2.05. The van der Waals surface area contributed by atoms with Crippen molar-refractivity contribution < 1.29 is 9.90 Å². The number of likely N-dealkylation sites (tertiary alicyclic amines) is 1. The molecule has 1 aromatic carbocycles. The van der Waals surface area contributed by atoms with Crippen LogP contribution in [0.15, 0.2) is 27.1 Å². The van der Waals surface area contributed by atoms with Gasteiger partial charge in [-0.1, -0.05) is 31.9 Å². The standard InChI is InChI=1S/C14H17Br2NO2/c1-9(18)10-2-4-17(5-3-10)14(19)11-6-12(15)8-13(16)7-11/h6-10,18H,2-5H2,1H3. The minimum Gasteiger partial charge on any atom is -0.393 e. The molecule has 1 fully saturated rings. The lowest BCUT2D eigenvalue weighted by molar-refractivity contribution is 0.0521. The van der Waals surface area contributed by atoms with Gasteiger partial charge in [0.15, 0.2) is 0 Å². The second-order valence-electron chi connectivity index (χ2n) is 5.03. The highest BCUT2D eigenvalue weighted by Gasteiger charge is 2.26. The summed E-state index contributed by atoms with van der Waals surface area (Å²) in [5.74, 6) is 0.379. The third-order valence-corrected chi connectivity index (χ3v) is 4.53. The first-order valence-corrected chi connectivity index (χ1v) is 7.99. The molecule has 1 atom stereocenters. The molecular weight excluding hydrogens is 374 g/mol. The Kier molecular flexibility index (Phi) is 5.03. The van der Waals surface area contributed by atoms with Gasteiger partial charge in [0, 0.05) is 27.6 Å². The van der Waals surface area contributed by atoms with E-state index in [1.165, 1.54) is 0 Å². The van der Waals surface area contributed by atoms with Crippen LogP contribution in [0.3, 0.4) is 0 Å². The molecule has 1 aromatic rings. The third kappa shape index (κ3) is 3.80. The molecule has 1 aliphatic rings. The number of halogens is 2. The highest BCUT2D eigenvalue weighted by atomic mass is 79.9. The molecule has 5 heteroatoms. The Hall–Kier alpha value is -0.390. The molecule has 0 bridgehead atoms. The number of nitrogens with zero attached hydrogens (tertiary/aromatic N) is 1. The molecule has 2 rings (SSSR count). The van der Waals surface area contributed by atoms with Crippen molar-refractivity contribution in [2.45, 2.75) is 25.9 Å². The number of amides is 1. The van der Waals surface area contributed by atoms with Crippen LogP contribution in [0.4, 0.5) is 0 Å². The number of rotatable bonds is 2. The SMILES string of the molecule is CC(O)C1CCN(C(=O)c2cc(Br)cc(Br)c2)CC1. The lowest BCUT2D eigenvalue weighted by Crippen LogP contribution is -2.40. The quantitative estimate of drug-likeness (QED) is 0.840. The minimum atomic E-state index is -0.280. The third-order valence-electron chi connectivity index (χ3n) is 3.62. The van der Waals surface area contributed by atoms with E-state index >= 15 is 0 Å². The van der Waals surface area contributed by atoms with Crippen molar-refractivity contribution in [1.82, 2.24) is 4.90 Å².